The van der Waals surface area contributed by atoms with Gasteiger partial charge in [-0.25, -0.2) is 0 Å². The zero-order valence-corrected chi connectivity index (χ0v) is 11.5. The molecule has 0 aliphatic carbocycles. The van der Waals surface area contributed by atoms with Crippen LogP contribution in [0.25, 0.3) is 0 Å². The Morgan fingerprint density at radius 2 is 2.12 bits per heavy atom. The third kappa shape index (κ3) is 3.03. The predicted molar refractivity (Wildman–Crippen MR) is 76.5 cm³/mol. The number of hydrogen-bond donors (Lipinski definition) is 1. The van der Waals surface area contributed by atoms with E-state index in [-0.39, 0.29) is 6.04 Å². The van der Waals surface area contributed by atoms with Crippen LogP contribution < -0.4 is 5.73 Å². The second-order valence-electron chi connectivity index (χ2n) is 4.74. The van der Waals surface area contributed by atoms with Crippen LogP contribution in [0.15, 0.2) is 24.3 Å². The minimum atomic E-state index is 0.138. The van der Waals surface area contributed by atoms with Crippen LogP contribution in [0, 0.1) is 0 Å². The van der Waals surface area contributed by atoms with E-state index in [0.717, 1.165) is 18.7 Å². The normalized spacial score (nSPS) is 23.6. The molecule has 0 amide bonds. The van der Waals surface area contributed by atoms with Gasteiger partial charge in [-0.05, 0) is 24.6 Å². The number of likely N-dealkylation sites (N-methyl/N-ethyl adjacent to an activating group) is 1. The van der Waals surface area contributed by atoms with Crippen molar-refractivity contribution in [3.8, 4) is 0 Å². The van der Waals surface area contributed by atoms with Crippen LogP contribution in [0.4, 0.5) is 0 Å². The fourth-order valence-corrected chi connectivity index (χ4v) is 3.57. The molecule has 1 aliphatic rings. The predicted octanol–water partition coefficient (Wildman–Crippen LogP) is 2.30. The molecular weight excluding hydrogens is 228 g/mol. The van der Waals surface area contributed by atoms with Crippen molar-refractivity contribution in [3.05, 3.63) is 35.4 Å². The van der Waals surface area contributed by atoms with Crippen LogP contribution in [0.3, 0.4) is 0 Å². The summed E-state index contributed by atoms with van der Waals surface area (Å²) in [5.74, 6) is 2.38. The Kier molecular flexibility index (Phi) is 4.48. The molecule has 1 aliphatic heterocycles. The first kappa shape index (κ1) is 12.9. The van der Waals surface area contributed by atoms with Crippen LogP contribution in [0.2, 0.25) is 0 Å². The third-order valence-electron chi connectivity index (χ3n) is 3.63. The lowest BCUT2D eigenvalue weighted by Gasteiger charge is -2.36. The highest BCUT2D eigenvalue weighted by molar-refractivity contribution is 7.99. The zero-order valence-electron chi connectivity index (χ0n) is 10.7. The molecule has 17 heavy (non-hydrogen) atoms. The first-order valence-corrected chi connectivity index (χ1v) is 7.50. The summed E-state index contributed by atoms with van der Waals surface area (Å²) >= 11 is 2.02. The zero-order chi connectivity index (χ0) is 12.3. The molecule has 1 saturated heterocycles. The van der Waals surface area contributed by atoms with Gasteiger partial charge in [0.05, 0.1) is 0 Å². The summed E-state index contributed by atoms with van der Waals surface area (Å²) in [5, 5.41) is 0. The molecule has 3 heteroatoms. The highest BCUT2D eigenvalue weighted by Crippen LogP contribution is 2.25. The van der Waals surface area contributed by atoms with E-state index in [9.17, 15) is 0 Å². The molecule has 0 saturated carbocycles. The van der Waals surface area contributed by atoms with Crippen molar-refractivity contribution in [2.24, 2.45) is 5.73 Å². The molecule has 0 radical (unpaired) electrons. The van der Waals surface area contributed by atoms with E-state index in [1.165, 1.54) is 16.9 Å². The van der Waals surface area contributed by atoms with Gasteiger partial charge in [-0.15, -0.1) is 0 Å². The van der Waals surface area contributed by atoms with Gasteiger partial charge in [0.15, 0.2) is 0 Å². The molecule has 2 rings (SSSR count). The molecule has 0 bridgehead atoms. The highest BCUT2D eigenvalue weighted by atomic mass is 32.2. The van der Waals surface area contributed by atoms with E-state index in [1.807, 2.05) is 11.8 Å². The Balaban J connectivity index is 2.09. The van der Waals surface area contributed by atoms with Crippen molar-refractivity contribution in [2.45, 2.75) is 25.4 Å². The summed E-state index contributed by atoms with van der Waals surface area (Å²) in [4.78, 5) is 2.40. The number of nitrogens with zero attached hydrogens (tertiary/aromatic N) is 1. The summed E-state index contributed by atoms with van der Waals surface area (Å²) in [7, 11) is 2.19. The molecule has 2 atom stereocenters. The Morgan fingerprint density at radius 1 is 1.41 bits per heavy atom. The molecule has 1 fully saturated rings. The summed E-state index contributed by atoms with van der Waals surface area (Å²) in [6, 6.07) is 9.39. The monoisotopic (exact) mass is 250 g/mol. The summed E-state index contributed by atoms with van der Waals surface area (Å²) in [6.07, 6.45) is 1.09. The Hall–Kier alpha value is -0.510. The fourth-order valence-electron chi connectivity index (χ4n) is 2.28. The second-order valence-corrected chi connectivity index (χ2v) is 5.89. The van der Waals surface area contributed by atoms with Crippen LogP contribution in [0.5, 0.6) is 0 Å². The van der Waals surface area contributed by atoms with E-state index in [1.54, 1.807) is 0 Å². The van der Waals surface area contributed by atoms with Crippen molar-refractivity contribution in [2.75, 3.05) is 25.1 Å². The van der Waals surface area contributed by atoms with Crippen molar-refractivity contribution in [1.82, 2.24) is 4.90 Å². The lowest BCUT2D eigenvalue weighted by molar-refractivity contribution is 0.237. The SMILES string of the molecule is CCc1ccc(C(N)C2CSCCN2C)cc1. The maximum atomic E-state index is 6.40. The van der Waals surface area contributed by atoms with Crippen molar-refractivity contribution in [3.63, 3.8) is 0 Å². The number of thioether (sulfide) groups is 1. The second kappa shape index (κ2) is 5.89. The highest BCUT2D eigenvalue weighted by Gasteiger charge is 2.26. The number of benzene rings is 1. The number of hydrogen-bond acceptors (Lipinski definition) is 3. The van der Waals surface area contributed by atoms with E-state index < -0.39 is 0 Å². The molecule has 1 aromatic rings. The Morgan fingerprint density at radius 3 is 2.71 bits per heavy atom. The third-order valence-corrected chi connectivity index (χ3v) is 4.68. The smallest absolute Gasteiger partial charge is 0.0461 e. The lowest BCUT2D eigenvalue weighted by Crippen LogP contribution is -2.46. The van der Waals surface area contributed by atoms with Crippen molar-refractivity contribution >= 4 is 11.8 Å². The van der Waals surface area contributed by atoms with E-state index in [2.05, 4.69) is 43.1 Å². The van der Waals surface area contributed by atoms with Gasteiger partial charge in [-0.2, -0.15) is 11.8 Å². The van der Waals surface area contributed by atoms with Crippen LogP contribution in [-0.2, 0) is 6.42 Å². The Labute approximate surface area is 109 Å². The van der Waals surface area contributed by atoms with Gasteiger partial charge < -0.3 is 5.73 Å². The molecule has 0 aromatic heterocycles. The van der Waals surface area contributed by atoms with Gasteiger partial charge in [0.25, 0.3) is 0 Å². The first-order valence-electron chi connectivity index (χ1n) is 6.34. The maximum absolute atomic E-state index is 6.40. The first-order chi connectivity index (χ1) is 8.22. The standard InChI is InChI=1S/C14H22N2S/c1-3-11-4-6-12(7-5-11)14(15)13-10-17-9-8-16(13)2/h4-7,13-14H,3,8-10,15H2,1-2H3. The van der Waals surface area contributed by atoms with Gasteiger partial charge in [0, 0.05) is 30.1 Å². The molecule has 94 valence electrons. The number of nitrogens with two attached hydrogens (primary N) is 1. The quantitative estimate of drug-likeness (QED) is 0.892. The Bertz CT molecular complexity index is 350. The minimum Gasteiger partial charge on any atom is -0.323 e. The van der Waals surface area contributed by atoms with Crippen molar-refractivity contribution in [1.29, 1.82) is 0 Å². The van der Waals surface area contributed by atoms with Crippen LogP contribution in [-0.4, -0.2) is 36.0 Å². The maximum Gasteiger partial charge on any atom is 0.0461 e. The molecule has 1 aromatic carbocycles. The molecule has 1 heterocycles. The molecule has 2 nitrogen and oxygen atoms in total. The average molecular weight is 250 g/mol. The van der Waals surface area contributed by atoms with E-state index in [0.29, 0.717) is 6.04 Å². The largest absolute Gasteiger partial charge is 0.323 e. The van der Waals surface area contributed by atoms with E-state index in [4.69, 9.17) is 5.73 Å². The molecule has 0 spiro atoms. The van der Waals surface area contributed by atoms with Crippen molar-refractivity contribution < 1.29 is 0 Å². The summed E-state index contributed by atoms with van der Waals surface area (Å²) < 4.78 is 0. The topological polar surface area (TPSA) is 29.3 Å². The minimum absolute atomic E-state index is 0.138. The average Bonchev–Trinajstić information content (AvgIpc) is 2.39. The number of rotatable bonds is 3. The summed E-state index contributed by atoms with van der Waals surface area (Å²) in [6.45, 7) is 3.33. The van der Waals surface area contributed by atoms with Crippen LogP contribution >= 0.6 is 11.8 Å². The van der Waals surface area contributed by atoms with Gasteiger partial charge in [0.1, 0.15) is 0 Å². The molecule has 2 N–H and O–H groups in total. The van der Waals surface area contributed by atoms with Gasteiger partial charge in [-0.3, -0.25) is 4.90 Å². The van der Waals surface area contributed by atoms with Gasteiger partial charge in [0.2, 0.25) is 0 Å². The molecule has 2 unspecified atom stereocenters. The fraction of sp³-hybridized carbons (Fsp3) is 0.571. The van der Waals surface area contributed by atoms with Gasteiger partial charge in [-0.1, -0.05) is 31.2 Å². The summed E-state index contributed by atoms with van der Waals surface area (Å²) in [5.41, 5.74) is 9.04. The number of aryl methyl sites for hydroxylation is 1. The van der Waals surface area contributed by atoms with E-state index >= 15 is 0 Å². The van der Waals surface area contributed by atoms with Crippen LogP contribution in [0.1, 0.15) is 24.1 Å². The molecular formula is C14H22N2S. The lowest BCUT2D eigenvalue weighted by atomic mass is 9.98. The van der Waals surface area contributed by atoms with Gasteiger partial charge >= 0.3 is 0 Å².